The highest BCUT2D eigenvalue weighted by Crippen LogP contribution is 2.20. The van der Waals surface area contributed by atoms with Gasteiger partial charge in [-0.25, -0.2) is 15.0 Å². The van der Waals surface area contributed by atoms with Crippen molar-refractivity contribution in [2.24, 2.45) is 0 Å². The first kappa shape index (κ1) is 15.4. The number of anilines is 1. The summed E-state index contributed by atoms with van der Waals surface area (Å²) in [5, 5.41) is 3.05. The van der Waals surface area contributed by atoms with Crippen LogP contribution in [0.15, 0.2) is 55.0 Å². The molecule has 7 heteroatoms. The van der Waals surface area contributed by atoms with E-state index in [0.29, 0.717) is 17.1 Å². The first-order valence-electron chi connectivity index (χ1n) is 6.63. The molecule has 1 amide bonds. The third kappa shape index (κ3) is 3.64. The highest BCUT2D eigenvalue weighted by Gasteiger charge is 2.10. The molecule has 0 atom stereocenters. The van der Waals surface area contributed by atoms with Gasteiger partial charge in [0.25, 0.3) is 5.91 Å². The lowest BCUT2D eigenvalue weighted by molar-refractivity contribution is 0.102. The molecule has 0 aliphatic carbocycles. The summed E-state index contributed by atoms with van der Waals surface area (Å²) < 4.78 is 0. The van der Waals surface area contributed by atoms with Crippen LogP contribution in [0.3, 0.4) is 0 Å². The van der Waals surface area contributed by atoms with Crippen molar-refractivity contribution in [3.05, 3.63) is 70.7 Å². The van der Waals surface area contributed by atoms with Crippen molar-refractivity contribution in [2.75, 3.05) is 5.32 Å². The van der Waals surface area contributed by atoms with Crippen molar-refractivity contribution >= 4 is 34.8 Å². The smallest absolute Gasteiger partial charge is 0.257 e. The molecule has 3 rings (SSSR count). The Balaban J connectivity index is 1.75. The van der Waals surface area contributed by atoms with E-state index in [2.05, 4.69) is 20.3 Å². The molecule has 0 unspecified atom stereocenters. The summed E-state index contributed by atoms with van der Waals surface area (Å²) in [6, 6.07) is 11.0. The number of hydrogen-bond acceptors (Lipinski definition) is 4. The van der Waals surface area contributed by atoms with Gasteiger partial charge in [-0.2, -0.15) is 0 Å². The van der Waals surface area contributed by atoms with E-state index in [4.69, 9.17) is 23.2 Å². The molecule has 0 aliphatic rings. The van der Waals surface area contributed by atoms with E-state index in [0.717, 1.165) is 5.56 Å². The highest BCUT2D eigenvalue weighted by molar-refractivity contribution is 6.41. The van der Waals surface area contributed by atoms with Gasteiger partial charge in [-0.3, -0.25) is 4.79 Å². The fraction of sp³-hybridized carbons (Fsp3) is 0. The van der Waals surface area contributed by atoms with Crippen LogP contribution >= 0.6 is 23.2 Å². The number of aromatic nitrogens is 3. The van der Waals surface area contributed by atoms with Crippen LogP contribution in [-0.4, -0.2) is 20.9 Å². The molecule has 23 heavy (non-hydrogen) atoms. The Kier molecular flexibility index (Phi) is 4.50. The molecule has 3 aromatic rings. The lowest BCUT2D eigenvalue weighted by Crippen LogP contribution is -2.12. The van der Waals surface area contributed by atoms with Gasteiger partial charge >= 0.3 is 0 Å². The number of benzene rings is 1. The Bertz CT molecular complexity index is 838. The summed E-state index contributed by atoms with van der Waals surface area (Å²) in [6.45, 7) is 0. The number of hydrogen-bond donors (Lipinski definition) is 1. The van der Waals surface area contributed by atoms with Crippen molar-refractivity contribution in [1.29, 1.82) is 0 Å². The standard InChI is InChI=1S/C16H10Cl2N4O/c17-13-6-11(7-19-14(13)18)16(23)22-12-8-20-15(21-9-12)10-4-2-1-3-5-10/h1-9H,(H,22,23). The predicted octanol–water partition coefficient (Wildman–Crippen LogP) is 4.10. The molecule has 5 nitrogen and oxygen atoms in total. The minimum atomic E-state index is -0.368. The largest absolute Gasteiger partial charge is 0.319 e. The van der Waals surface area contributed by atoms with Crippen molar-refractivity contribution in [3.8, 4) is 11.4 Å². The Morgan fingerprint density at radius 1 is 0.957 bits per heavy atom. The summed E-state index contributed by atoms with van der Waals surface area (Å²) in [6.07, 6.45) is 4.43. The van der Waals surface area contributed by atoms with Crippen LogP contribution in [0.1, 0.15) is 10.4 Å². The summed E-state index contributed by atoms with van der Waals surface area (Å²) in [7, 11) is 0. The summed E-state index contributed by atoms with van der Waals surface area (Å²) in [4.78, 5) is 24.4. The first-order chi connectivity index (χ1) is 11.1. The van der Waals surface area contributed by atoms with Gasteiger partial charge in [-0.05, 0) is 6.07 Å². The zero-order chi connectivity index (χ0) is 16.2. The van der Waals surface area contributed by atoms with Gasteiger partial charge in [0.1, 0.15) is 5.15 Å². The highest BCUT2D eigenvalue weighted by atomic mass is 35.5. The second kappa shape index (κ2) is 6.73. The van der Waals surface area contributed by atoms with Crippen LogP contribution in [0.2, 0.25) is 10.2 Å². The molecule has 0 saturated carbocycles. The molecule has 1 aromatic carbocycles. The summed E-state index contributed by atoms with van der Waals surface area (Å²) in [5.74, 6) is 0.215. The lowest BCUT2D eigenvalue weighted by atomic mass is 10.2. The van der Waals surface area contributed by atoms with E-state index in [1.165, 1.54) is 24.7 Å². The van der Waals surface area contributed by atoms with Gasteiger partial charge in [0, 0.05) is 11.8 Å². The average Bonchev–Trinajstić information content (AvgIpc) is 2.59. The van der Waals surface area contributed by atoms with Crippen molar-refractivity contribution in [3.63, 3.8) is 0 Å². The number of rotatable bonds is 3. The van der Waals surface area contributed by atoms with Crippen LogP contribution < -0.4 is 5.32 Å². The molecular weight excluding hydrogens is 335 g/mol. The van der Waals surface area contributed by atoms with Gasteiger partial charge in [-0.15, -0.1) is 0 Å². The molecule has 1 N–H and O–H groups in total. The summed E-state index contributed by atoms with van der Waals surface area (Å²) >= 11 is 11.6. The Hall–Kier alpha value is -2.50. The molecule has 0 bridgehead atoms. The molecule has 2 heterocycles. The maximum absolute atomic E-state index is 12.1. The lowest BCUT2D eigenvalue weighted by Gasteiger charge is -2.06. The fourth-order valence-corrected chi connectivity index (χ4v) is 2.15. The van der Waals surface area contributed by atoms with Gasteiger partial charge < -0.3 is 5.32 Å². The van der Waals surface area contributed by atoms with Crippen molar-refractivity contribution in [1.82, 2.24) is 15.0 Å². The van der Waals surface area contributed by atoms with Crippen LogP contribution in [0.4, 0.5) is 5.69 Å². The molecule has 0 fully saturated rings. The first-order valence-corrected chi connectivity index (χ1v) is 7.39. The zero-order valence-corrected chi connectivity index (χ0v) is 13.2. The topological polar surface area (TPSA) is 67.8 Å². The Morgan fingerprint density at radius 2 is 1.65 bits per heavy atom. The van der Waals surface area contributed by atoms with Crippen LogP contribution in [0.25, 0.3) is 11.4 Å². The number of carbonyl (C=O) groups is 1. The SMILES string of the molecule is O=C(Nc1cnc(-c2ccccc2)nc1)c1cnc(Cl)c(Cl)c1. The fourth-order valence-electron chi connectivity index (χ4n) is 1.88. The van der Waals surface area contributed by atoms with E-state index in [1.54, 1.807) is 0 Å². The minimum absolute atomic E-state index is 0.152. The number of halogens is 2. The molecule has 0 aliphatic heterocycles. The van der Waals surface area contributed by atoms with Gasteiger partial charge in [0.2, 0.25) is 0 Å². The Labute approximate surface area is 142 Å². The third-order valence-electron chi connectivity index (χ3n) is 3.00. The van der Waals surface area contributed by atoms with E-state index in [-0.39, 0.29) is 16.1 Å². The van der Waals surface area contributed by atoms with E-state index < -0.39 is 0 Å². The maximum Gasteiger partial charge on any atom is 0.257 e. The normalized spacial score (nSPS) is 10.3. The number of nitrogens with zero attached hydrogens (tertiary/aromatic N) is 3. The average molecular weight is 345 g/mol. The zero-order valence-electron chi connectivity index (χ0n) is 11.7. The summed E-state index contributed by atoms with van der Waals surface area (Å²) in [5.41, 5.74) is 1.67. The van der Waals surface area contributed by atoms with Gasteiger partial charge in [-0.1, -0.05) is 53.5 Å². The van der Waals surface area contributed by atoms with E-state index in [1.807, 2.05) is 30.3 Å². The molecule has 0 saturated heterocycles. The van der Waals surface area contributed by atoms with Gasteiger partial charge in [0.05, 0.1) is 28.7 Å². The quantitative estimate of drug-likeness (QED) is 0.726. The second-order valence-corrected chi connectivity index (χ2v) is 5.38. The van der Waals surface area contributed by atoms with Crippen molar-refractivity contribution < 1.29 is 4.79 Å². The predicted molar refractivity (Wildman–Crippen MR) is 89.7 cm³/mol. The molecule has 2 aromatic heterocycles. The monoisotopic (exact) mass is 344 g/mol. The number of carbonyl (C=O) groups excluding carboxylic acids is 1. The second-order valence-electron chi connectivity index (χ2n) is 4.61. The van der Waals surface area contributed by atoms with E-state index >= 15 is 0 Å². The van der Waals surface area contributed by atoms with Crippen LogP contribution in [-0.2, 0) is 0 Å². The van der Waals surface area contributed by atoms with Gasteiger partial charge in [0.15, 0.2) is 5.82 Å². The number of amides is 1. The minimum Gasteiger partial charge on any atom is -0.319 e. The van der Waals surface area contributed by atoms with Crippen molar-refractivity contribution in [2.45, 2.75) is 0 Å². The molecular formula is C16H10Cl2N4O. The van der Waals surface area contributed by atoms with E-state index in [9.17, 15) is 4.79 Å². The molecule has 0 spiro atoms. The van der Waals surface area contributed by atoms with Crippen LogP contribution in [0.5, 0.6) is 0 Å². The number of nitrogens with one attached hydrogen (secondary N) is 1. The molecule has 0 radical (unpaired) electrons. The molecule has 114 valence electrons. The Morgan fingerprint density at radius 3 is 2.30 bits per heavy atom. The number of pyridine rings is 1. The maximum atomic E-state index is 12.1. The van der Waals surface area contributed by atoms with Crippen LogP contribution in [0, 0.1) is 0 Å². The third-order valence-corrected chi connectivity index (χ3v) is 3.69.